The van der Waals surface area contributed by atoms with Gasteiger partial charge in [-0.1, -0.05) is 25.1 Å². The van der Waals surface area contributed by atoms with E-state index in [1.807, 2.05) is 25.1 Å². The minimum absolute atomic E-state index is 0.210. The Kier molecular flexibility index (Phi) is 6.00. The fraction of sp³-hybridized carbons (Fsp3) is 0.500. The summed E-state index contributed by atoms with van der Waals surface area (Å²) >= 11 is 0. The van der Waals surface area contributed by atoms with Gasteiger partial charge in [-0.3, -0.25) is 0 Å². The first kappa shape index (κ1) is 15.8. The Labute approximate surface area is 127 Å². The molecule has 21 heavy (non-hydrogen) atoms. The maximum Gasteiger partial charge on any atom is 0.145 e. The number of ether oxygens (including phenoxy) is 1. The van der Waals surface area contributed by atoms with Crippen molar-refractivity contribution in [3.05, 3.63) is 36.0 Å². The van der Waals surface area contributed by atoms with Crippen LogP contribution in [0.5, 0.6) is 5.75 Å². The number of para-hydroxylation sites is 1. The second-order valence-corrected chi connectivity index (χ2v) is 5.60. The lowest BCUT2D eigenvalue weighted by atomic mass is 10.2. The Hall–Kier alpha value is -1.61. The second-order valence-electron chi connectivity index (χ2n) is 5.60. The van der Waals surface area contributed by atoms with Gasteiger partial charge in [0.05, 0.1) is 6.10 Å². The highest BCUT2D eigenvalue weighted by atomic mass is 16.5. The SMILES string of the molecule is CCCNCCCC(C)Oc1cccc2ccc(C)nc12. The van der Waals surface area contributed by atoms with Crippen molar-refractivity contribution < 1.29 is 4.74 Å². The van der Waals surface area contributed by atoms with Gasteiger partial charge in [0, 0.05) is 11.1 Å². The van der Waals surface area contributed by atoms with E-state index < -0.39 is 0 Å². The summed E-state index contributed by atoms with van der Waals surface area (Å²) in [6, 6.07) is 10.3. The zero-order valence-corrected chi connectivity index (χ0v) is 13.4. The normalized spacial score (nSPS) is 12.5. The molecule has 0 fully saturated rings. The van der Waals surface area contributed by atoms with Crippen LogP contribution in [0.1, 0.15) is 38.8 Å². The Morgan fingerprint density at radius 1 is 1.19 bits per heavy atom. The van der Waals surface area contributed by atoms with Crippen LogP contribution in [-0.4, -0.2) is 24.2 Å². The number of fused-ring (bicyclic) bond motifs is 1. The summed E-state index contributed by atoms with van der Waals surface area (Å²) in [6.45, 7) is 8.50. The van der Waals surface area contributed by atoms with E-state index in [1.165, 1.54) is 6.42 Å². The number of aromatic nitrogens is 1. The van der Waals surface area contributed by atoms with Gasteiger partial charge in [-0.15, -0.1) is 0 Å². The summed E-state index contributed by atoms with van der Waals surface area (Å²) in [7, 11) is 0. The van der Waals surface area contributed by atoms with Crippen molar-refractivity contribution in [1.82, 2.24) is 10.3 Å². The predicted octanol–water partition coefficient (Wildman–Crippen LogP) is 4.09. The van der Waals surface area contributed by atoms with Gasteiger partial charge in [0.1, 0.15) is 11.3 Å². The van der Waals surface area contributed by atoms with Crippen LogP contribution in [0.25, 0.3) is 10.9 Å². The molecule has 3 nitrogen and oxygen atoms in total. The third-order valence-electron chi connectivity index (χ3n) is 3.54. The minimum Gasteiger partial charge on any atom is -0.488 e. The molecular formula is C18H26N2O. The summed E-state index contributed by atoms with van der Waals surface area (Å²) in [4.78, 5) is 4.61. The summed E-state index contributed by atoms with van der Waals surface area (Å²) in [5.41, 5.74) is 1.99. The summed E-state index contributed by atoms with van der Waals surface area (Å²) < 4.78 is 6.10. The number of benzene rings is 1. The standard InChI is InChI=1S/C18H26N2O/c1-4-12-19-13-6-7-15(3)21-17-9-5-8-16-11-10-14(2)20-18(16)17/h5,8-11,15,19H,4,6-7,12-13H2,1-3H3. The molecule has 0 bridgehead atoms. The number of hydrogen-bond acceptors (Lipinski definition) is 3. The van der Waals surface area contributed by atoms with Crippen LogP contribution in [0, 0.1) is 6.92 Å². The van der Waals surface area contributed by atoms with Crippen LogP contribution < -0.4 is 10.1 Å². The van der Waals surface area contributed by atoms with Crippen LogP contribution in [-0.2, 0) is 0 Å². The van der Waals surface area contributed by atoms with Gasteiger partial charge in [0.25, 0.3) is 0 Å². The first-order valence-corrected chi connectivity index (χ1v) is 7.94. The Balaban J connectivity index is 1.94. The van der Waals surface area contributed by atoms with E-state index in [4.69, 9.17) is 4.74 Å². The molecule has 0 amide bonds. The molecule has 0 saturated carbocycles. The third kappa shape index (κ3) is 4.71. The highest BCUT2D eigenvalue weighted by molar-refractivity contribution is 5.84. The average molecular weight is 286 g/mol. The van der Waals surface area contributed by atoms with Gasteiger partial charge in [0.15, 0.2) is 0 Å². The van der Waals surface area contributed by atoms with Crippen LogP contribution in [0.4, 0.5) is 0 Å². The number of aryl methyl sites for hydroxylation is 1. The average Bonchev–Trinajstić information content (AvgIpc) is 2.48. The zero-order chi connectivity index (χ0) is 15.1. The van der Waals surface area contributed by atoms with Gasteiger partial charge < -0.3 is 10.1 Å². The van der Waals surface area contributed by atoms with Crippen LogP contribution >= 0.6 is 0 Å². The molecule has 3 heteroatoms. The molecule has 2 rings (SSSR count). The second kappa shape index (κ2) is 7.99. The van der Waals surface area contributed by atoms with Gasteiger partial charge in [-0.05, 0) is 58.3 Å². The van der Waals surface area contributed by atoms with Crippen molar-refractivity contribution in [3.63, 3.8) is 0 Å². The van der Waals surface area contributed by atoms with E-state index >= 15 is 0 Å². The summed E-state index contributed by atoms with van der Waals surface area (Å²) in [6.07, 6.45) is 3.59. The summed E-state index contributed by atoms with van der Waals surface area (Å²) in [5.74, 6) is 0.894. The van der Waals surface area contributed by atoms with Gasteiger partial charge >= 0.3 is 0 Å². The van der Waals surface area contributed by atoms with Gasteiger partial charge in [-0.2, -0.15) is 0 Å². The van der Waals surface area contributed by atoms with Gasteiger partial charge in [0.2, 0.25) is 0 Å². The molecule has 0 radical (unpaired) electrons. The Bertz CT molecular complexity index is 568. The fourth-order valence-corrected chi connectivity index (χ4v) is 2.40. The van der Waals surface area contributed by atoms with Crippen molar-refractivity contribution in [2.45, 2.75) is 46.1 Å². The maximum absolute atomic E-state index is 6.10. The van der Waals surface area contributed by atoms with Crippen molar-refractivity contribution in [2.75, 3.05) is 13.1 Å². The van der Waals surface area contributed by atoms with Crippen molar-refractivity contribution in [3.8, 4) is 5.75 Å². The lowest BCUT2D eigenvalue weighted by Gasteiger charge is -2.16. The largest absolute Gasteiger partial charge is 0.488 e. The monoisotopic (exact) mass is 286 g/mol. The van der Waals surface area contributed by atoms with Crippen LogP contribution in [0.15, 0.2) is 30.3 Å². The lowest BCUT2D eigenvalue weighted by molar-refractivity contribution is 0.210. The Morgan fingerprint density at radius 3 is 2.86 bits per heavy atom. The molecule has 0 aliphatic rings. The van der Waals surface area contributed by atoms with Gasteiger partial charge in [-0.25, -0.2) is 4.98 Å². The number of pyridine rings is 1. The topological polar surface area (TPSA) is 34.1 Å². The summed E-state index contributed by atoms with van der Waals surface area (Å²) in [5, 5.41) is 4.56. The van der Waals surface area contributed by atoms with E-state index in [-0.39, 0.29) is 6.10 Å². The molecule has 1 aromatic heterocycles. The smallest absolute Gasteiger partial charge is 0.145 e. The molecule has 1 unspecified atom stereocenters. The molecule has 1 heterocycles. The molecule has 0 aliphatic carbocycles. The minimum atomic E-state index is 0.210. The maximum atomic E-state index is 6.10. The highest BCUT2D eigenvalue weighted by Crippen LogP contribution is 2.25. The molecule has 0 aliphatic heterocycles. The number of rotatable bonds is 8. The van der Waals surface area contributed by atoms with Crippen molar-refractivity contribution in [2.24, 2.45) is 0 Å². The van der Waals surface area contributed by atoms with E-state index in [9.17, 15) is 0 Å². The molecule has 1 N–H and O–H groups in total. The Morgan fingerprint density at radius 2 is 2.05 bits per heavy atom. The first-order valence-electron chi connectivity index (χ1n) is 7.94. The molecule has 0 saturated heterocycles. The predicted molar refractivity (Wildman–Crippen MR) is 89.0 cm³/mol. The van der Waals surface area contributed by atoms with E-state index in [1.54, 1.807) is 0 Å². The van der Waals surface area contributed by atoms with Crippen molar-refractivity contribution >= 4 is 10.9 Å². The molecule has 1 aromatic carbocycles. The van der Waals surface area contributed by atoms with Crippen LogP contribution in [0.3, 0.4) is 0 Å². The molecule has 0 spiro atoms. The zero-order valence-electron chi connectivity index (χ0n) is 13.4. The number of hydrogen-bond donors (Lipinski definition) is 1. The first-order chi connectivity index (χ1) is 10.2. The third-order valence-corrected chi connectivity index (χ3v) is 3.54. The highest BCUT2D eigenvalue weighted by Gasteiger charge is 2.08. The van der Waals surface area contributed by atoms with Crippen LogP contribution in [0.2, 0.25) is 0 Å². The fourth-order valence-electron chi connectivity index (χ4n) is 2.40. The van der Waals surface area contributed by atoms with E-state index in [2.05, 4.69) is 36.3 Å². The molecule has 2 aromatic rings. The number of nitrogens with zero attached hydrogens (tertiary/aromatic N) is 1. The van der Waals surface area contributed by atoms with E-state index in [0.29, 0.717) is 0 Å². The lowest BCUT2D eigenvalue weighted by Crippen LogP contribution is -2.19. The van der Waals surface area contributed by atoms with Crippen molar-refractivity contribution in [1.29, 1.82) is 0 Å². The van der Waals surface area contributed by atoms with E-state index in [0.717, 1.165) is 48.3 Å². The number of nitrogens with one attached hydrogen (secondary N) is 1. The molecule has 1 atom stereocenters. The quantitative estimate of drug-likeness (QED) is 0.742. The molecule has 114 valence electrons. The molecular weight excluding hydrogens is 260 g/mol.